The SMILES string of the molecule is c1ccc(-c2ccc(-c3ccc(-c4c5ccccc5c(-c5cccc6c5ccc5ccccc56)c5ccccc45)cc3)c3oc4ccccc4c23)cc1. The van der Waals surface area contributed by atoms with Crippen LogP contribution in [0.3, 0.4) is 0 Å². The van der Waals surface area contributed by atoms with Gasteiger partial charge in [-0.3, -0.25) is 0 Å². The summed E-state index contributed by atoms with van der Waals surface area (Å²) in [6.07, 6.45) is 0. The van der Waals surface area contributed by atoms with Crippen LogP contribution in [-0.2, 0) is 0 Å². The fraction of sp³-hybridized carbons (Fsp3) is 0. The second-order valence-electron chi connectivity index (χ2n) is 13.9. The molecule has 10 aromatic carbocycles. The third kappa shape index (κ3) is 4.58. The molecule has 1 nitrogen and oxygen atoms in total. The van der Waals surface area contributed by atoms with Crippen LogP contribution in [-0.4, -0.2) is 0 Å². The van der Waals surface area contributed by atoms with E-state index < -0.39 is 0 Å². The van der Waals surface area contributed by atoms with E-state index in [1.807, 2.05) is 6.07 Å². The molecule has 0 saturated heterocycles. The topological polar surface area (TPSA) is 13.1 Å². The van der Waals surface area contributed by atoms with Crippen molar-refractivity contribution in [2.45, 2.75) is 0 Å². The fourth-order valence-corrected chi connectivity index (χ4v) is 8.72. The maximum Gasteiger partial charge on any atom is 0.143 e. The molecule has 0 fully saturated rings. The maximum absolute atomic E-state index is 6.64. The minimum atomic E-state index is 0.904. The first-order valence-corrected chi connectivity index (χ1v) is 18.3. The Kier molecular flexibility index (Phi) is 6.62. The Labute approximate surface area is 307 Å². The first-order chi connectivity index (χ1) is 26.3. The van der Waals surface area contributed by atoms with Gasteiger partial charge in [-0.2, -0.15) is 0 Å². The van der Waals surface area contributed by atoms with E-state index in [-0.39, 0.29) is 0 Å². The Hall–Kier alpha value is -6.96. The smallest absolute Gasteiger partial charge is 0.143 e. The number of para-hydroxylation sites is 1. The lowest BCUT2D eigenvalue weighted by Crippen LogP contribution is -1.92. The van der Waals surface area contributed by atoms with Crippen LogP contribution in [0.1, 0.15) is 0 Å². The lowest BCUT2D eigenvalue weighted by atomic mass is 9.84. The van der Waals surface area contributed by atoms with Crippen molar-refractivity contribution in [3.05, 3.63) is 194 Å². The first kappa shape index (κ1) is 29.7. The second-order valence-corrected chi connectivity index (χ2v) is 13.9. The lowest BCUT2D eigenvalue weighted by Gasteiger charge is -2.19. The molecule has 0 radical (unpaired) electrons. The summed E-state index contributed by atoms with van der Waals surface area (Å²) >= 11 is 0. The molecule has 11 rings (SSSR count). The first-order valence-electron chi connectivity index (χ1n) is 18.3. The highest BCUT2D eigenvalue weighted by Crippen LogP contribution is 2.47. The van der Waals surface area contributed by atoms with Crippen LogP contribution in [0.2, 0.25) is 0 Å². The normalized spacial score (nSPS) is 11.8. The molecule has 1 aromatic heterocycles. The van der Waals surface area contributed by atoms with Crippen LogP contribution in [0.15, 0.2) is 199 Å². The van der Waals surface area contributed by atoms with Gasteiger partial charge in [0.2, 0.25) is 0 Å². The van der Waals surface area contributed by atoms with E-state index in [2.05, 4.69) is 188 Å². The summed E-state index contributed by atoms with van der Waals surface area (Å²) < 4.78 is 6.64. The molecule has 1 heteroatoms. The van der Waals surface area contributed by atoms with Crippen molar-refractivity contribution in [1.82, 2.24) is 0 Å². The molecular weight excluding hydrogens is 641 g/mol. The quantitative estimate of drug-likeness (QED) is 0.134. The number of benzene rings is 10. The zero-order valence-corrected chi connectivity index (χ0v) is 28.9. The van der Waals surface area contributed by atoms with E-state index in [1.54, 1.807) is 0 Å². The van der Waals surface area contributed by atoms with Crippen molar-refractivity contribution in [3.63, 3.8) is 0 Å². The van der Waals surface area contributed by atoms with Gasteiger partial charge in [-0.1, -0.05) is 182 Å². The average Bonchev–Trinajstić information content (AvgIpc) is 3.62. The summed E-state index contributed by atoms with van der Waals surface area (Å²) in [6.45, 7) is 0. The largest absolute Gasteiger partial charge is 0.455 e. The Bertz CT molecular complexity index is 3150. The highest BCUT2D eigenvalue weighted by molar-refractivity contribution is 6.25. The Morgan fingerprint density at radius 2 is 0.811 bits per heavy atom. The van der Waals surface area contributed by atoms with E-state index in [9.17, 15) is 0 Å². The van der Waals surface area contributed by atoms with Crippen LogP contribution < -0.4 is 0 Å². The molecule has 0 amide bonds. The number of fused-ring (bicyclic) bond motifs is 8. The van der Waals surface area contributed by atoms with Gasteiger partial charge in [0, 0.05) is 16.3 Å². The molecule has 0 bridgehead atoms. The summed E-state index contributed by atoms with van der Waals surface area (Å²) in [7, 11) is 0. The van der Waals surface area contributed by atoms with Crippen LogP contribution in [0, 0.1) is 0 Å². The van der Waals surface area contributed by atoms with Gasteiger partial charge < -0.3 is 4.42 Å². The molecule has 1 heterocycles. The molecule has 0 saturated carbocycles. The van der Waals surface area contributed by atoms with E-state index in [4.69, 9.17) is 4.42 Å². The predicted octanol–water partition coefficient (Wildman–Crippen LogP) is 14.9. The summed E-state index contributed by atoms with van der Waals surface area (Å²) in [4.78, 5) is 0. The van der Waals surface area contributed by atoms with Gasteiger partial charge in [0.1, 0.15) is 11.2 Å². The standard InChI is InChI=1S/C52H32O/c1-2-13-33(14-3-1)38-31-32-39(52-51(38)47-21-10-11-24-48(47)53-52)35-25-27-36(28-26-35)49-43-17-6-8-19-45(43)50(46-20-9-7-18-44(46)49)42-23-12-22-40-37-16-5-4-15-34(37)29-30-41(40)42/h1-32H. The van der Waals surface area contributed by atoms with E-state index in [1.165, 1.54) is 76.5 Å². The van der Waals surface area contributed by atoms with Gasteiger partial charge in [0.05, 0.1) is 0 Å². The minimum absolute atomic E-state index is 0.904. The van der Waals surface area contributed by atoms with Gasteiger partial charge in [0.15, 0.2) is 0 Å². The van der Waals surface area contributed by atoms with E-state index in [0.717, 1.165) is 33.1 Å². The monoisotopic (exact) mass is 672 g/mol. The van der Waals surface area contributed by atoms with E-state index >= 15 is 0 Å². The molecule has 0 aliphatic rings. The van der Waals surface area contributed by atoms with Crippen molar-refractivity contribution >= 4 is 65.0 Å². The number of hydrogen-bond acceptors (Lipinski definition) is 1. The zero-order chi connectivity index (χ0) is 34.9. The van der Waals surface area contributed by atoms with Crippen LogP contribution in [0.25, 0.3) is 110 Å². The molecular formula is C52H32O. The Morgan fingerprint density at radius 3 is 1.55 bits per heavy atom. The third-order valence-corrected chi connectivity index (χ3v) is 11.1. The molecule has 0 spiro atoms. The fourth-order valence-electron chi connectivity index (χ4n) is 8.72. The maximum atomic E-state index is 6.64. The summed E-state index contributed by atoms with van der Waals surface area (Å²) in [5.74, 6) is 0. The Morgan fingerprint density at radius 1 is 0.264 bits per heavy atom. The number of rotatable bonds is 4. The zero-order valence-electron chi connectivity index (χ0n) is 28.9. The van der Waals surface area contributed by atoms with Crippen LogP contribution in [0.5, 0.6) is 0 Å². The van der Waals surface area contributed by atoms with Gasteiger partial charge in [-0.25, -0.2) is 0 Å². The highest BCUT2D eigenvalue weighted by atomic mass is 16.3. The molecule has 0 atom stereocenters. The predicted molar refractivity (Wildman–Crippen MR) is 225 cm³/mol. The van der Waals surface area contributed by atoms with Gasteiger partial charge >= 0.3 is 0 Å². The molecule has 0 aliphatic heterocycles. The second kappa shape index (κ2) is 11.8. The van der Waals surface area contributed by atoms with Crippen molar-refractivity contribution in [2.24, 2.45) is 0 Å². The molecule has 0 N–H and O–H groups in total. The molecule has 246 valence electrons. The van der Waals surface area contributed by atoms with Gasteiger partial charge in [-0.15, -0.1) is 0 Å². The van der Waals surface area contributed by atoms with Crippen molar-refractivity contribution in [2.75, 3.05) is 0 Å². The highest BCUT2D eigenvalue weighted by Gasteiger charge is 2.20. The van der Waals surface area contributed by atoms with Crippen molar-refractivity contribution in [1.29, 1.82) is 0 Å². The molecule has 53 heavy (non-hydrogen) atoms. The number of furan rings is 1. The molecule has 11 aromatic rings. The Balaban J connectivity index is 1.11. The van der Waals surface area contributed by atoms with Gasteiger partial charge in [-0.05, 0) is 94.2 Å². The third-order valence-electron chi connectivity index (χ3n) is 11.1. The molecule has 0 aliphatic carbocycles. The lowest BCUT2D eigenvalue weighted by molar-refractivity contribution is 0.670. The molecule has 0 unspecified atom stereocenters. The summed E-state index contributed by atoms with van der Waals surface area (Å²) in [6, 6.07) is 70.4. The van der Waals surface area contributed by atoms with Crippen molar-refractivity contribution < 1.29 is 4.42 Å². The van der Waals surface area contributed by atoms with Crippen LogP contribution in [0.4, 0.5) is 0 Å². The van der Waals surface area contributed by atoms with Gasteiger partial charge in [0.25, 0.3) is 0 Å². The van der Waals surface area contributed by atoms with Crippen LogP contribution >= 0.6 is 0 Å². The van der Waals surface area contributed by atoms with E-state index in [0.29, 0.717) is 0 Å². The minimum Gasteiger partial charge on any atom is -0.455 e. The van der Waals surface area contributed by atoms with Crippen molar-refractivity contribution in [3.8, 4) is 44.5 Å². The summed E-state index contributed by atoms with van der Waals surface area (Å²) in [5, 5.41) is 12.4. The average molecular weight is 673 g/mol. The number of hydrogen-bond donors (Lipinski definition) is 0. The summed E-state index contributed by atoms with van der Waals surface area (Å²) in [5.41, 5.74) is 11.4.